The quantitative estimate of drug-likeness (QED) is 0.742. The predicted octanol–water partition coefficient (Wildman–Crippen LogP) is 1.26. The zero-order valence-electron chi connectivity index (χ0n) is 9.13. The van der Waals surface area contributed by atoms with Crippen LogP contribution in [0.4, 0.5) is 10.1 Å². The van der Waals surface area contributed by atoms with Gasteiger partial charge in [-0.1, -0.05) is 0 Å². The first-order valence-electron chi connectivity index (χ1n) is 5.05. The van der Waals surface area contributed by atoms with Crippen LogP contribution in [0.1, 0.15) is 12.5 Å². The van der Waals surface area contributed by atoms with Gasteiger partial charge >= 0.3 is 5.97 Å². The van der Waals surface area contributed by atoms with E-state index in [1.165, 1.54) is 12.1 Å². The molecule has 0 unspecified atom stereocenters. The van der Waals surface area contributed by atoms with Crippen molar-refractivity contribution in [2.24, 2.45) is 5.73 Å². The van der Waals surface area contributed by atoms with E-state index in [1.807, 2.05) is 0 Å². The standard InChI is InChI=1S/C11H15FN2O2/c1-2-16-11(15)7-14-10-4-3-9(12)5-8(10)6-13/h3-5,14H,2,6-7,13H2,1H3. The Morgan fingerprint density at radius 2 is 2.31 bits per heavy atom. The van der Waals surface area contributed by atoms with E-state index in [0.717, 1.165) is 0 Å². The number of benzene rings is 1. The maximum absolute atomic E-state index is 12.9. The van der Waals surface area contributed by atoms with Crippen LogP contribution in [-0.2, 0) is 16.1 Å². The van der Waals surface area contributed by atoms with Gasteiger partial charge in [0.05, 0.1) is 6.61 Å². The molecule has 0 saturated carbocycles. The van der Waals surface area contributed by atoms with E-state index >= 15 is 0 Å². The minimum absolute atomic E-state index is 0.0481. The number of halogens is 1. The minimum Gasteiger partial charge on any atom is -0.465 e. The highest BCUT2D eigenvalue weighted by atomic mass is 19.1. The molecule has 0 spiro atoms. The molecule has 16 heavy (non-hydrogen) atoms. The van der Waals surface area contributed by atoms with Crippen LogP contribution >= 0.6 is 0 Å². The molecule has 0 saturated heterocycles. The normalized spacial score (nSPS) is 9.94. The average molecular weight is 226 g/mol. The molecule has 0 aliphatic carbocycles. The Balaban J connectivity index is 2.63. The molecule has 0 aromatic heterocycles. The summed E-state index contributed by atoms with van der Waals surface area (Å²) in [7, 11) is 0. The number of esters is 1. The molecule has 0 radical (unpaired) electrons. The second-order valence-electron chi connectivity index (χ2n) is 3.16. The molecule has 5 heteroatoms. The molecule has 0 heterocycles. The molecule has 1 aromatic rings. The van der Waals surface area contributed by atoms with E-state index in [2.05, 4.69) is 5.32 Å². The summed E-state index contributed by atoms with van der Waals surface area (Å²) < 4.78 is 17.6. The van der Waals surface area contributed by atoms with Gasteiger partial charge in [-0.15, -0.1) is 0 Å². The van der Waals surface area contributed by atoms with Gasteiger partial charge in [0.2, 0.25) is 0 Å². The first-order valence-corrected chi connectivity index (χ1v) is 5.05. The Hall–Kier alpha value is -1.62. The molecule has 3 N–H and O–H groups in total. The van der Waals surface area contributed by atoms with Crippen LogP contribution in [-0.4, -0.2) is 19.1 Å². The molecule has 88 valence electrons. The summed E-state index contributed by atoms with van der Waals surface area (Å²) in [5.41, 5.74) is 6.74. The van der Waals surface area contributed by atoms with Crippen molar-refractivity contribution in [3.63, 3.8) is 0 Å². The first-order chi connectivity index (χ1) is 7.67. The number of hydrogen-bond acceptors (Lipinski definition) is 4. The number of anilines is 1. The van der Waals surface area contributed by atoms with E-state index in [1.54, 1.807) is 13.0 Å². The van der Waals surface area contributed by atoms with Gasteiger partial charge in [0.15, 0.2) is 0 Å². The summed E-state index contributed by atoms with van der Waals surface area (Å²) >= 11 is 0. The summed E-state index contributed by atoms with van der Waals surface area (Å²) in [5, 5.41) is 2.85. The summed E-state index contributed by atoms with van der Waals surface area (Å²) in [4.78, 5) is 11.1. The van der Waals surface area contributed by atoms with Gasteiger partial charge in [-0.3, -0.25) is 4.79 Å². The van der Waals surface area contributed by atoms with Crippen molar-refractivity contribution in [2.45, 2.75) is 13.5 Å². The van der Waals surface area contributed by atoms with Crippen LogP contribution in [0, 0.1) is 5.82 Å². The monoisotopic (exact) mass is 226 g/mol. The summed E-state index contributed by atoms with van der Waals surface area (Å²) in [5.74, 6) is -0.697. The Kier molecular flexibility index (Phi) is 4.72. The van der Waals surface area contributed by atoms with E-state index < -0.39 is 0 Å². The Morgan fingerprint density at radius 1 is 1.56 bits per heavy atom. The molecular formula is C11H15FN2O2. The second kappa shape index (κ2) is 6.07. The second-order valence-corrected chi connectivity index (χ2v) is 3.16. The molecule has 0 aliphatic rings. The molecule has 1 rings (SSSR count). The third kappa shape index (κ3) is 3.51. The van der Waals surface area contributed by atoms with Crippen LogP contribution < -0.4 is 11.1 Å². The highest BCUT2D eigenvalue weighted by Crippen LogP contribution is 2.16. The summed E-state index contributed by atoms with van der Waals surface area (Å²) in [6.45, 7) is 2.34. The van der Waals surface area contributed by atoms with Crippen molar-refractivity contribution in [2.75, 3.05) is 18.5 Å². The van der Waals surface area contributed by atoms with E-state index in [0.29, 0.717) is 17.9 Å². The molecule has 0 bridgehead atoms. The molecule has 0 fully saturated rings. The van der Waals surface area contributed by atoms with Crippen molar-refractivity contribution < 1.29 is 13.9 Å². The minimum atomic E-state index is -0.352. The average Bonchev–Trinajstić information content (AvgIpc) is 2.27. The third-order valence-corrected chi connectivity index (χ3v) is 2.02. The van der Waals surface area contributed by atoms with Crippen LogP contribution in [0.5, 0.6) is 0 Å². The lowest BCUT2D eigenvalue weighted by atomic mass is 10.1. The molecule has 4 nitrogen and oxygen atoms in total. The van der Waals surface area contributed by atoms with Crippen LogP contribution in [0.3, 0.4) is 0 Å². The van der Waals surface area contributed by atoms with Crippen LogP contribution in [0.25, 0.3) is 0 Å². The van der Waals surface area contributed by atoms with E-state index in [9.17, 15) is 9.18 Å². The fourth-order valence-electron chi connectivity index (χ4n) is 1.28. The number of nitrogens with two attached hydrogens (primary N) is 1. The first kappa shape index (κ1) is 12.4. The lowest BCUT2D eigenvalue weighted by Gasteiger charge is -2.10. The number of rotatable bonds is 5. The smallest absolute Gasteiger partial charge is 0.325 e. The number of carbonyl (C=O) groups is 1. The van der Waals surface area contributed by atoms with E-state index in [-0.39, 0.29) is 24.9 Å². The molecular weight excluding hydrogens is 211 g/mol. The summed E-state index contributed by atoms with van der Waals surface area (Å²) in [6, 6.07) is 4.21. The van der Waals surface area contributed by atoms with Gasteiger partial charge in [0.1, 0.15) is 12.4 Å². The van der Waals surface area contributed by atoms with Gasteiger partial charge in [-0.25, -0.2) is 4.39 Å². The number of hydrogen-bond donors (Lipinski definition) is 2. The maximum atomic E-state index is 12.9. The summed E-state index contributed by atoms with van der Waals surface area (Å²) in [6.07, 6.45) is 0. The molecule has 0 aliphatic heterocycles. The van der Waals surface area contributed by atoms with Crippen molar-refractivity contribution in [1.82, 2.24) is 0 Å². The Labute approximate surface area is 93.6 Å². The fraction of sp³-hybridized carbons (Fsp3) is 0.364. The van der Waals surface area contributed by atoms with Gasteiger partial charge in [-0.05, 0) is 30.7 Å². The van der Waals surface area contributed by atoms with Crippen molar-refractivity contribution in [3.05, 3.63) is 29.6 Å². The highest BCUT2D eigenvalue weighted by Gasteiger charge is 2.05. The van der Waals surface area contributed by atoms with Crippen LogP contribution in [0.2, 0.25) is 0 Å². The van der Waals surface area contributed by atoms with Gasteiger partial charge in [0, 0.05) is 12.2 Å². The van der Waals surface area contributed by atoms with Gasteiger partial charge in [-0.2, -0.15) is 0 Å². The van der Waals surface area contributed by atoms with Gasteiger partial charge < -0.3 is 15.8 Å². The number of ether oxygens (including phenoxy) is 1. The molecule has 0 atom stereocenters. The maximum Gasteiger partial charge on any atom is 0.325 e. The van der Waals surface area contributed by atoms with Crippen molar-refractivity contribution >= 4 is 11.7 Å². The van der Waals surface area contributed by atoms with Gasteiger partial charge in [0.25, 0.3) is 0 Å². The topological polar surface area (TPSA) is 64.3 Å². The zero-order valence-corrected chi connectivity index (χ0v) is 9.13. The SMILES string of the molecule is CCOC(=O)CNc1ccc(F)cc1CN. The number of nitrogens with one attached hydrogen (secondary N) is 1. The zero-order chi connectivity index (χ0) is 12.0. The third-order valence-electron chi connectivity index (χ3n) is 2.02. The van der Waals surface area contributed by atoms with E-state index in [4.69, 9.17) is 10.5 Å². The van der Waals surface area contributed by atoms with Crippen molar-refractivity contribution in [1.29, 1.82) is 0 Å². The fourth-order valence-corrected chi connectivity index (χ4v) is 1.28. The largest absolute Gasteiger partial charge is 0.465 e. The Bertz CT molecular complexity index is 369. The lowest BCUT2D eigenvalue weighted by Crippen LogP contribution is -2.18. The Morgan fingerprint density at radius 3 is 2.94 bits per heavy atom. The lowest BCUT2D eigenvalue weighted by molar-refractivity contribution is -0.140. The van der Waals surface area contributed by atoms with Crippen LogP contribution in [0.15, 0.2) is 18.2 Å². The highest BCUT2D eigenvalue weighted by molar-refractivity contribution is 5.75. The number of carbonyl (C=O) groups excluding carboxylic acids is 1. The predicted molar refractivity (Wildman–Crippen MR) is 59.4 cm³/mol. The molecule has 0 amide bonds. The van der Waals surface area contributed by atoms with Crippen molar-refractivity contribution in [3.8, 4) is 0 Å². The molecule has 1 aromatic carbocycles.